The summed E-state index contributed by atoms with van der Waals surface area (Å²) in [5, 5.41) is 7.93. The van der Waals surface area contributed by atoms with Gasteiger partial charge in [0, 0.05) is 0 Å². The van der Waals surface area contributed by atoms with Crippen LogP contribution in [0.25, 0.3) is 76.8 Å². The molecule has 0 saturated carbocycles. The van der Waals surface area contributed by atoms with E-state index in [9.17, 15) is 0 Å². The van der Waals surface area contributed by atoms with Gasteiger partial charge in [-0.25, -0.2) is 0 Å². The van der Waals surface area contributed by atoms with E-state index in [2.05, 4.69) is 158 Å². The van der Waals surface area contributed by atoms with Gasteiger partial charge in [0.05, 0.1) is 0 Å². The van der Waals surface area contributed by atoms with E-state index in [1.807, 2.05) is 0 Å². The molecule has 0 spiro atoms. The molecule has 0 radical (unpaired) electrons. The fourth-order valence-corrected chi connectivity index (χ4v) is 6.38. The average molecular weight is 507 g/mol. The van der Waals surface area contributed by atoms with Crippen molar-refractivity contribution in [1.29, 1.82) is 0 Å². The molecule has 8 aromatic rings. The van der Waals surface area contributed by atoms with E-state index < -0.39 is 0 Å². The van der Waals surface area contributed by atoms with Gasteiger partial charge in [-0.3, -0.25) is 0 Å². The van der Waals surface area contributed by atoms with E-state index in [0.717, 1.165) is 0 Å². The normalized spacial score (nSPS) is 11.5. The van der Waals surface area contributed by atoms with E-state index >= 15 is 0 Å². The Labute approximate surface area is 234 Å². The van der Waals surface area contributed by atoms with Crippen LogP contribution < -0.4 is 0 Å². The van der Waals surface area contributed by atoms with E-state index in [4.69, 9.17) is 0 Å². The lowest BCUT2D eigenvalue weighted by Crippen LogP contribution is -1.91. The van der Waals surface area contributed by atoms with Crippen LogP contribution in [0.4, 0.5) is 0 Å². The second-order valence-electron chi connectivity index (χ2n) is 10.5. The van der Waals surface area contributed by atoms with Crippen molar-refractivity contribution in [2.75, 3.05) is 0 Å². The Bertz CT molecular complexity index is 2100. The van der Waals surface area contributed by atoms with Crippen LogP contribution in [0.15, 0.2) is 158 Å². The first-order chi connectivity index (χ1) is 19.8. The average Bonchev–Trinajstić information content (AvgIpc) is 3.04. The molecule has 0 amide bonds. The van der Waals surface area contributed by atoms with Crippen LogP contribution in [0.2, 0.25) is 0 Å². The van der Waals surface area contributed by atoms with E-state index in [1.54, 1.807) is 0 Å². The fraction of sp³-hybridized carbons (Fsp3) is 0. The summed E-state index contributed by atoms with van der Waals surface area (Å²) in [5.74, 6) is 0. The second kappa shape index (κ2) is 9.22. The smallest absolute Gasteiger partial charge is 0.00206 e. The fourth-order valence-electron chi connectivity index (χ4n) is 6.38. The molecule has 0 aromatic heterocycles. The van der Waals surface area contributed by atoms with E-state index in [-0.39, 0.29) is 0 Å². The third-order valence-electron chi connectivity index (χ3n) is 8.25. The minimum atomic E-state index is 1.22. The predicted molar refractivity (Wildman–Crippen MR) is 172 cm³/mol. The van der Waals surface area contributed by atoms with Crippen molar-refractivity contribution >= 4 is 32.3 Å². The highest BCUT2D eigenvalue weighted by Crippen LogP contribution is 2.42. The first-order valence-corrected chi connectivity index (χ1v) is 13.9. The molecule has 8 aromatic carbocycles. The Morgan fingerprint density at radius 3 is 1.38 bits per heavy atom. The van der Waals surface area contributed by atoms with Gasteiger partial charge in [0.15, 0.2) is 0 Å². The lowest BCUT2D eigenvalue weighted by Gasteiger charge is -2.17. The zero-order chi connectivity index (χ0) is 26.5. The van der Waals surface area contributed by atoms with Crippen molar-refractivity contribution in [3.8, 4) is 44.5 Å². The Kier molecular flexibility index (Phi) is 5.24. The monoisotopic (exact) mass is 506 g/mol. The minimum Gasteiger partial charge on any atom is -0.0622 e. The van der Waals surface area contributed by atoms with Gasteiger partial charge < -0.3 is 0 Å². The van der Waals surface area contributed by atoms with Crippen molar-refractivity contribution in [2.45, 2.75) is 0 Å². The summed E-state index contributed by atoms with van der Waals surface area (Å²) in [7, 11) is 0. The molecule has 0 aliphatic heterocycles. The van der Waals surface area contributed by atoms with Gasteiger partial charge in [-0.05, 0) is 76.8 Å². The molecule has 186 valence electrons. The van der Waals surface area contributed by atoms with Gasteiger partial charge in [0.2, 0.25) is 0 Å². The lowest BCUT2D eigenvalue weighted by atomic mass is 9.86. The number of hydrogen-bond donors (Lipinski definition) is 0. The number of hydrogen-bond acceptors (Lipinski definition) is 0. The largest absolute Gasteiger partial charge is 0.0622 e. The van der Waals surface area contributed by atoms with Crippen LogP contribution in [0.5, 0.6) is 0 Å². The molecule has 0 aliphatic rings. The minimum absolute atomic E-state index is 1.22. The van der Waals surface area contributed by atoms with Crippen LogP contribution in [0.1, 0.15) is 0 Å². The Balaban J connectivity index is 1.29. The quantitative estimate of drug-likeness (QED) is 0.208. The maximum atomic E-state index is 2.30. The van der Waals surface area contributed by atoms with Gasteiger partial charge >= 0.3 is 0 Å². The van der Waals surface area contributed by atoms with Crippen molar-refractivity contribution in [3.05, 3.63) is 158 Å². The number of benzene rings is 8. The first-order valence-electron chi connectivity index (χ1n) is 13.9. The molecule has 0 nitrogen and oxygen atoms in total. The van der Waals surface area contributed by atoms with Crippen LogP contribution >= 0.6 is 0 Å². The summed E-state index contributed by atoms with van der Waals surface area (Å²) in [6, 6.07) is 57.4. The van der Waals surface area contributed by atoms with E-state index in [0.29, 0.717) is 0 Å². The van der Waals surface area contributed by atoms with Gasteiger partial charge in [-0.15, -0.1) is 0 Å². The topological polar surface area (TPSA) is 0 Å². The van der Waals surface area contributed by atoms with Gasteiger partial charge in [-0.1, -0.05) is 158 Å². The molecule has 0 N–H and O–H groups in total. The molecular weight excluding hydrogens is 480 g/mol. The molecule has 0 heterocycles. The Morgan fingerprint density at radius 2 is 0.725 bits per heavy atom. The van der Waals surface area contributed by atoms with Crippen LogP contribution in [-0.2, 0) is 0 Å². The molecule has 0 aliphatic carbocycles. The summed E-state index contributed by atoms with van der Waals surface area (Å²) in [6.45, 7) is 0. The van der Waals surface area contributed by atoms with Gasteiger partial charge in [0.25, 0.3) is 0 Å². The summed E-state index contributed by atoms with van der Waals surface area (Å²) in [4.78, 5) is 0. The standard InChI is InChI=1S/C40H26/c1-3-9-27(10-4-1)35-15-8-16-36(39(35)30-11-5-2-6-12-30)29-19-17-28(18-20-29)34-25-23-33-22-21-31-13-7-14-32-24-26-37(34)40(33)38(31)32/h1-26H. The molecular formula is C40H26. The third-order valence-corrected chi connectivity index (χ3v) is 8.25. The Hall–Kier alpha value is -5.20. The summed E-state index contributed by atoms with van der Waals surface area (Å²) >= 11 is 0. The molecule has 0 atom stereocenters. The van der Waals surface area contributed by atoms with Crippen molar-refractivity contribution in [3.63, 3.8) is 0 Å². The molecule has 0 saturated heterocycles. The highest BCUT2D eigenvalue weighted by molar-refractivity contribution is 6.25. The molecule has 0 bridgehead atoms. The molecule has 0 heteroatoms. The summed E-state index contributed by atoms with van der Waals surface area (Å²) in [5.41, 5.74) is 9.96. The SMILES string of the molecule is c1ccc(-c2cccc(-c3ccc(-c4ccc5ccc6cccc7ccc4c5c67)cc3)c2-c2ccccc2)cc1. The van der Waals surface area contributed by atoms with E-state index in [1.165, 1.54) is 76.8 Å². The zero-order valence-electron chi connectivity index (χ0n) is 22.0. The third kappa shape index (κ3) is 3.61. The lowest BCUT2D eigenvalue weighted by molar-refractivity contribution is 1.55. The Morgan fingerprint density at radius 1 is 0.250 bits per heavy atom. The molecule has 0 fully saturated rings. The maximum Gasteiger partial charge on any atom is -0.00206 e. The first kappa shape index (κ1) is 22.8. The van der Waals surface area contributed by atoms with Crippen molar-refractivity contribution in [1.82, 2.24) is 0 Å². The highest BCUT2D eigenvalue weighted by Gasteiger charge is 2.15. The second-order valence-corrected chi connectivity index (χ2v) is 10.5. The highest BCUT2D eigenvalue weighted by atomic mass is 14.2. The van der Waals surface area contributed by atoms with Crippen LogP contribution in [0.3, 0.4) is 0 Å². The molecule has 8 rings (SSSR count). The maximum absolute atomic E-state index is 2.30. The molecule has 0 unspecified atom stereocenters. The van der Waals surface area contributed by atoms with Gasteiger partial charge in [0.1, 0.15) is 0 Å². The molecule has 40 heavy (non-hydrogen) atoms. The van der Waals surface area contributed by atoms with Crippen LogP contribution in [0, 0.1) is 0 Å². The van der Waals surface area contributed by atoms with Crippen molar-refractivity contribution < 1.29 is 0 Å². The predicted octanol–water partition coefficient (Wildman–Crippen LogP) is 11.3. The summed E-state index contributed by atoms with van der Waals surface area (Å²) < 4.78 is 0. The zero-order valence-corrected chi connectivity index (χ0v) is 22.0. The van der Waals surface area contributed by atoms with Gasteiger partial charge in [-0.2, -0.15) is 0 Å². The van der Waals surface area contributed by atoms with Crippen molar-refractivity contribution in [2.24, 2.45) is 0 Å². The number of rotatable bonds is 4. The summed E-state index contributed by atoms with van der Waals surface area (Å²) in [6.07, 6.45) is 0. The van der Waals surface area contributed by atoms with Crippen LogP contribution in [-0.4, -0.2) is 0 Å².